The number of Topliss-reactive ketones (excluding diaryl/α,β-unsaturated/α-hetero) is 1. The van der Waals surface area contributed by atoms with Gasteiger partial charge < -0.3 is 5.11 Å². The monoisotopic (exact) mass is 198 g/mol. The van der Waals surface area contributed by atoms with Crippen LogP contribution in [0.15, 0.2) is 0 Å². The molecule has 2 nitrogen and oxygen atoms in total. The molecule has 0 atom stereocenters. The van der Waals surface area contributed by atoms with Crippen LogP contribution in [0, 0.1) is 11.3 Å². The van der Waals surface area contributed by atoms with Crippen molar-refractivity contribution < 1.29 is 9.90 Å². The minimum absolute atomic E-state index is 0.0343. The molecular formula is C12H22O2. The standard InChI is InChI=1S/C12H22O2/c1-10-5-3-7-12(2,8-4-6-10)11(14)9-13/h10,13H,3-9H2,1-2H3. The molecule has 0 radical (unpaired) electrons. The maximum Gasteiger partial charge on any atom is 0.164 e. The molecule has 0 aromatic carbocycles. The molecular weight excluding hydrogens is 176 g/mol. The number of aliphatic hydroxyl groups is 1. The summed E-state index contributed by atoms with van der Waals surface area (Å²) >= 11 is 0. The van der Waals surface area contributed by atoms with Crippen molar-refractivity contribution in [1.29, 1.82) is 0 Å². The van der Waals surface area contributed by atoms with E-state index in [2.05, 4.69) is 6.92 Å². The van der Waals surface area contributed by atoms with Gasteiger partial charge in [0.15, 0.2) is 5.78 Å². The zero-order valence-electron chi connectivity index (χ0n) is 9.38. The fourth-order valence-corrected chi connectivity index (χ4v) is 2.42. The van der Waals surface area contributed by atoms with Crippen molar-refractivity contribution in [3.8, 4) is 0 Å². The lowest BCUT2D eigenvalue weighted by atomic mass is 9.73. The smallest absolute Gasteiger partial charge is 0.164 e. The molecule has 14 heavy (non-hydrogen) atoms. The Kier molecular flexibility index (Phi) is 4.11. The minimum Gasteiger partial charge on any atom is -0.389 e. The maximum absolute atomic E-state index is 11.6. The predicted octanol–water partition coefficient (Wildman–Crippen LogP) is 2.54. The Morgan fingerprint density at radius 1 is 1.36 bits per heavy atom. The van der Waals surface area contributed by atoms with E-state index in [0.717, 1.165) is 31.6 Å². The second kappa shape index (κ2) is 4.92. The molecule has 1 rings (SSSR count). The third-order valence-electron chi connectivity index (χ3n) is 3.67. The first-order valence-electron chi connectivity index (χ1n) is 5.72. The molecule has 0 heterocycles. The zero-order chi connectivity index (χ0) is 10.6. The number of carbonyl (C=O) groups excluding carboxylic acids is 1. The van der Waals surface area contributed by atoms with E-state index in [1.165, 1.54) is 12.8 Å². The van der Waals surface area contributed by atoms with Gasteiger partial charge >= 0.3 is 0 Å². The van der Waals surface area contributed by atoms with Gasteiger partial charge in [0.2, 0.25) is 0 Å². The van der Waals surface area contributed by atoms with E-state index in [-0.39, 0.29) is 17.8 Å². The number of aliphatic hydroxyl groups excluding tert-OH is 1. The largest absolute Gasteiger partial charge is 0.389 e. The van der Waals surface area contributed by atoms with Gasteiger partial charge in [-0.15, -0.1) is 0 Å². The molecule has 0 unspecified atom stereocenters. The minimum atomic E-state index is -0.286. The SMILES string of the molecule is CC1CCCC(C)(C(=O)CO)CCC1. The lowest BCUT2D eigenvalue weighted by Crippen LogP contribution is -2.31. The zero-order valence-corrected chi connectivity index (χ0v) is 9.38. The summed E-state index contributed by atoms with van der Waals surface area (Å²) in [6, 6.07) is 0. The molecule has 0 aliphatic heterocycles. The molecule has 1 aliphatic rings. The molecule has 0 amide bonds. The van der Waals surface area contributed by atoms with Crippen LogP contribution in [-0.2, 0) is 4.79 Å². The van der Waals surface area contributed by atoms with E-state index in [1.807, 2.05) is 6.92 Å². The number of carbonyl (C=O) groups is 1. The Labute approximate surface area is 86.7 Å². The summed E-state index contributed by atoms with van der Waals surface area (Å²) in [5.41, 5.74) is -0.241. The Hall–Kier alpha value is -0.370. The van der Waals surface area contributed by atoms with Gasteiger partial charge in [-0.2, -0.15) is 0 Å². The van der Waals surface area contributed by atoms with E-state index in [0.29, 0.717) is 0 Å². The molecule has 1 fully saturated rings. The van der Waals surface area contributed by atoms with Gasteiger partial charge in [-0.3, -0.25) is 4.79 Å². The molecule has 82 valence electrons. The van der Waals surface area contributed by atoms with Gasteiger partial charge in [-0.1, -0.05) is 39.5 Å². The van der Waals surface area contributed by atoms with Crippen LogP contribution in [-0.4, -0.2) is 17.5 Å². The van der Waals surface area contributed by atoms with Crippen LogP contribution in [0.1, 0.15) is 52.4 Å². The van der Waals surface area contributed by atoms with Crippen molar-refractivity contribution in [2.45, 2.75) is 52.4 Å². The third-order valence-corrected chi connectivity index (χ3v) is 3.67. The van der Waals surface area contributed by atoms with Crippen molar-refractivity contribution in [3.05, 3.63) is 0 Å². The lowest BCUT2D eigenvalue weighted by Gasteiger charge is -2.30. The average molecular weight is 198 g/mol. The fraction of sp³-hybridized carbons (Fsp3) is 0.917. The van der Waals surface area contributed by atoms with E-state index < -0.39 is 0 Å². The molecule has 0 aromatic heterocycles. The summed E-state index contributed by atoms with van der Waals surface area (Å²) in [5.74, 6) is 0.843. The topological polar surface area (TPSA) is 37.3 Å². The molecule has 0 bridgehead atoms. The molecule has 2 heteroatoms. The Morgan fingerprint density at radius 2 is 1.86 bits per heavy atom. The van der Waals surface area contributed by atoms with E-state index in [4.69, 9.17) is 5.11 Å². The molecule has 0 saturated heterocycles. The molecule has 0 spiro atoms. The number of rotatable bonds is 2. The Morgan fingerprint density at radius 3 is 2.29 bits per heavy atom. The van der Waals surface area contributed by atoms with Crippen molar-refractivity contribution >= 4 is 5.78 Å². The lowest BCUT2D eigenvalue weighted by molar-refractivity contribution is -0.132. The highest BCUT2D eigenvalue weighted by Crippen LogP contribution is 2.35. The predicted molar refractivity (Wildman–Crippen MR) is 57.1 cm³/mol. The summed E-state index contributed by atoms with van der Waals surface area (Å²) in [5, 5.41) is 8.92. The van der Waals surface area contributed by atoms with Crippen LogP contribution in [0.2, 0.25) is 0 Å². The van der Waals surface area contributed by atoms with Crippen molar-refractivity contribution in [2.24, 2.45) is 11.3 Å². The summed E-state index contributed by atoms with van der Waals surface area (Å²) in [6.07, 6.45) is 6.63. The fourth-order valence-electron chi connectivity index (χ4n) is 2.42. The van der Waals surface area contributed by atoms with E-state index in [1.54, 1.807) is 0 Å². The summed E-state index contributed by atoms with van der Waals surface area (Å²) in [4.78, 5) is 11.6. The van der Waals surface area contributed by atoms with Crippen LogP contribution in [0.5, 0.6) is 0 Å². The third kappa shape index (κ3) is 2.81. The second-order valence-electron chi connectivity index (χ2n) is 5.03. The van der Waals surface area contributed by atoms with Gasteiger partial charge in [0.25, 0.3) is 0 Å². The van der Waals surface area contributed by atoms with Gasteiger partial charge in [-0.05, 0) is 18.8 Å². The van der Waals surface area contributed by atoms with Crippen molar-refractivity contribution in [3.63, 3.8) is 0 Å². The van der Waals surface area contributed by atoms with Gasteiger partial charge in [0, 0.05) is 5.41 Å². The van der Waals surface area contributed by atoms with E-state index in [9.17, 15) is 4.79 Å². The molecule has 0 aromatic rings. The van der Waals surface area contributed by atoms with Gasteiger partial charge in [0.1, 0.15) is 6.61 Å². The maximum atomic E-state index is 11.6. The first-order chi connectivity index (χ1) is 6.58. The number of hydrogen-bond donors (Lipinski definition) is 1. The molecule has 1 aliphatic carbocycles. The average Bonchev–Trinajstić information content (AvgIpc) is 2.14. The van der Waals surface area contributed by atoms with Gasteiger partial charge in [-0.25, -0.2) is 0 Å². The van der Waals surface area contributed by atoms with E-state index >= 15 is 0 Å². The first-order valence-corrected chi connectivity index (χ1v) is 5.72. The number of hydrogen-bond acceptors (Lipinski definition) is 2. The van der Waals surface area contributed by atoms with Crippen LogP contribution in [0.3, 0.4) is 0 Å². The Balaban J connectivity index is 2.56. The summed E-state index contributed by atoms with van der Waals surface area (Å²) in [6.45, 7) is 4.02. The van der Waals surface area contributed by atoms with Crippen LogP contribution in [0.25, 0.3) is 0 Å². The molecule has 1 N–H and O–H groups in total. The Bertz CT molecular complexity index is 188. The molecule has 1 saturated carbocycles. The summed E-state index contributed by atoms with van der Waals surface area (Å²) in [7, 11) is 0. The summed E-state index contributed by atoms with van der Waals surface area (Å²) < 4.78 is 0. The van der Waals surface area contributed by atoms with Crippen LogP contribution in [0.4, 0.5) is 0 Å². The first kappa shape index (κ1) is 11.7. The van der Waals surface area contributed by atoms with Crippen LogP contribution >= 0.6 is 0 Å². The van der Waals surface area contributed by atoms with Crippen molar-refractivity contribution in [2.75, 3.05) is 6.61 Å². The highest BCUT2D eigenvalue weighted by Gasteiger charge is 2.32. The number of ketones is 1. The quantitative estimate of drug-likeness (QED) is 0.740. The highest BCUT2D eigenvalue weighted by atomic mass is 16.3. The van der Waals surface area contributed by atoms with Crippen molar-refractivity contribution in [1.82, 2.24) is 0 Å². The van der Waals surface area contributed by atoms with Gasteiger partial charge in [0.05, 0.1) is 0 Å². The normalized spacial score (nSPS) is 34.6. The second-order valence-corrected chi connectivity index (χ2v) is 5.03. The highest BCUT2D eigenvalue weighted by molar-refractivity contribution is 5.85. The van der Waals surface area contributed by atoms with Crippen LogP contribution < -0.4 is 0 Å².